The molecule has 0 bridgehead atoms. The fourth-order valence-corrected chi connectivity index (χ4v) is 2.33. The van der Waals surface area contributed by atoms with Crippen LogP contribution in [0.4, 0.5) is 5.69 Å². The fraction of sp³-hybridized carbons (Fsp3) is 0.200. The largest absolute Gasteiger partial charge is 0.477 e. The standard InChI is InChI=1S/C15H14N2O2/c18-15(19)14-7-6-13(8-16-14)17-9-12(10-17)11-4-2-1-3-5-11/h1-8,12H,9-10H2,(H,18,19). The summed E-state index contributed by atoms with van der Waals surface area (Å²) in [6.45, 7) is 1.91. The molecule has 4 nitrogen and oxygen atoms in total. The second kappa shape index (κ2) is 4.72. The van der Waals surface area contributed by atoms with E-state index in [1.165, 1.54) is 5.56 Å². The Morgan fingerprint density at radius 3 is 2.47 bits per heavy atom. The van der Waals surface area contributed by atoms with Crippen LogP contribution in [-0.2, 0) is 0 Å². The summed E-state index contributed by atoms with van der Waals surface area (Å²) in [6.07, 6.45) is 1.63. The molecule has 0 saturated carbocycles. The molecule has 1 N–H and O–H groups in total. The van der Waals surface area contributed by atoms with Crippen molar-refractivity contribution in [2.75, 3.05) is 18.0 Å². The first-order chi connectivity index (χ1) is 9.24. The number of anilines is 1. The number of hydrogen-bond acceptors (Lipinski definition) is 3. The number of rotatable bonds is 3. The van der Waals surface area contributed by atoms with Crippen molar-refractivity contribution in [2.24, 2.45) is 0 Å². The molecule has 0 unspecified atom stereocenters. The van der Waals surface area contributed by atoms with Gasteiger partial charge in [-0.15, -0.1) is 0 Å². The Morgan fingerprint density at radius 2 is 1.89 bits per heavy atom. The molecule has 0 spiro atoms. The molecule has 96 valence electrons. The van der Waals surface area contributed by atoms with Gasteiger partial charge in [0.15, 0.2) is 0 Å². The molecule has 1 aromatic carbocycles. The van der Waals surface area contributed by atoms with Gasteiger partial charge in [0, 0.05) is 19.0 Å². The van der Waals surface area contributed by atoms with Crippen molar-refractivity contribution < 1.29 is 9.90 Å². The summed E-state index contributed by atoms with van der Waals surface area (Å²) >= 11 is 0. The van der Waals surface area contributed by atoms with Crippen molar-refractivity contribution in [3.05, 3.63) is 59.9 Å². The molecule has 2 heterocycles. The molecule has 0 aliphatic carbocycles. The van der Waals surface area contributed by atoms with E-state index < -0.39 is 5.97 Å². The van der Waals surface area contributed by atoms with Gasteiger partial charge in [0.2, 0.25) is 0 Å². The maximum Gasteiger partial charge on any atom is 0.354 e. The topological polar surface area (TPSA) is 53.4 Å². The van der Waals surface area contributed by atoms with Crippen LogP contribution in [0.5, 0.6) is 0 Å². The van der Waals surface area contributed by atoms with E-state index in [1.54, 1.807) is 12.3 Å². The van der Waals surface area contributed by atoms with E-state index in [2.05, 4.69) is 34.1 Å². The third-order valence-electron chi connectivity index (χ3n) is 3.48. The second-order valence-corrected chi connectivity index (χ2v) is 4.72. The number of aromatic carboxylic acids is 1. The van der Waals surface area contributed by atoms with Crippen LogP contribution >= 0.6 is 0 Å². The summed E-state index contributed by atoms with van der Waals surface area (Å²) in [5.74, 6) is -0.433. The van der Waals surface area contributed by atoms with E-state index in [1.807, 2.05) is 12.1 Å². The van der Waals surface area contributed by atoms with E-state index in [4.69, 9.17) is 5.11 Å². The molecule has 3 rings (SSSR count). The van der Waals surface area contributed by atoms with Crippen molar-refractivity contribution in [3.8, 4) is 0 Å². The SMILES string of the molecule is O=C(O)c1ccc(N2CC(c3ccccc3)C2)cn1. The monoisotopic (exact) mass is 254 g/mol. The van der Waals surface area contributed by atoms with Crippen LogP contribution in [0.25, 0.3) is 0 Å². The number of pyridine rings is 1. The number of carboxylic acids is 1. The van der Waals surface area contributed by atoms with Gasteiger partial charge in [-0.25, -0.2) is 9.78 Å². The van der Waals surface area contributed by atoms with Gasteiger partial charge in [0.05, 0.1) is 11.9 Å². The van der Waals surface area contributed by atoms with Gasteiger partial charge in [-0.3, -0.25) is 0 Å². The lowest BCUT2D eigenvalue weighted by Crippen LogP contribution is -2.45. The zero-order valence-corrected chi connectivity index (χ0v) is 10.4. The molecule has 1 fully saturated rings. The molecule has 1 aliphatic rings. The zero-order valence-electron chi connectivity index (χ0n) is 10.4. The number of aromatic nitrogens is 1. The molecule has 4 heteroatoms. The molecule has 0 amide bonds. The lowest BCUT2D eigenvalue weighted by Gasteiger charge is -2.41. The van der Waals surface area contributed by atoms with Crippen molar-refractivity contribution in [1.82, 2.24) is 4.98 Å². The highest BCUT2D eigenvalue weighted by Crippen LogP contribution is 2.30. The summed E-state index contributed by atoms with van der Waals surface area (Å²) in [7, 11) is 0. The molecule has 0 radical (unpaired) electrons. The molecule has 2 aromatic rings. The van der Waals surface area contributed by atoms with Gasteiger partial charge in [-0.1, -0.05) is 30.3 Å². The highest BCUT2D eigenvalue weighted by Gasteiger charge is 2.28. The first kappa shape index (κ1) is 11.7. The summed E-state index contributed by atoms with van der Waals surface area (Å²) in [4.78, 5) is 16.9. The van der Waals surface area contributed by atoms with Gasteiger partial charge in [0.25, 0.3) is 0 Å². The Morgan fingerprint density at radius 1 is 1.16 bits per heavy atom. The average molecular weight is 254 g/mol. The summed E-state index contributed by atoms with van der Waals surface area (Å²) in [6, 6.07) is 13.8. The molecular weight excluding hydrogens is 240 g/mol. The highest BCUT2D eigenvalue weighted by atomic mass is 16.4. The van der Waals surface area contributed by atoms with Crippen LogP contribution in [0.2, 0.25) is 0 Å². The van der Waals surface area contributed by atoms with Crippen LogP contribution in [0.1, 0.15) is 22.0 Å². The number of carboxylic acid groups (broad SMARTS) is 1. The smallest absolute Gasteiger partial charge is 0.354 e. The van der Waals surface area contributed by atoms with Gasteiger partial charge >= 0.3 is 5.97 Å². The number of carbonyl (C=O) groups is 1. The Labute approximate surface area is 111 Å². The maximum atomic E-state index is 10.7. The third kappa shape index (κ3) is 2.29. The number of hydrogen-bond donors (Lipinski definition) is 1. The molecule has 1 aromatic heterocycles. The van der Waals surface area contributed by atoms with Gasteiger partial charge in [-0.2, -0.15) is 0 Å². The predicted molar refractivity (Wildman–Crippen MR) is 72.6 cm³/mol. The van der Waals surface area contributed by atoms with Crippen LogP contribution in [0.15, 0.2) is 48.7 Å². The first-order valence-electron chi connectivity index (χ1n) is 6.23. The summed E-state index contributed by atoms with van der Waals surface area (Å²) in [5.41, 5.74) is 2.43. The van der Waals surface area contributed by atoms with Crippen LogP contribution in [0, 0.1) is 0 Å². The normalized spacial score (nSPS) is 15.1. The van der Waals surface area contributed by atoms with E-state index in [-0.39, 0.29) is 5.69 Å². The predicted octanol–water partition coefficient (Wildman–Crippen LogP) is 2.38. The first-order valence-corrected chi connectivity index (χ1v) is 6.23. The second-order valence-electron chi connectivity index (χ2n) is 4.72. The summed E-state index contributed by atoms with van der Waals surface area (Å²) < 4.78 is 0. The number of nitrogens with zero attached hydrogens (tertiary/aromatic N) is 2. The Balaban J connectivity index is 1.66. The van der Waals surface area contributed by atoms with Crippen molar-refractivity contribution >= 4 is 11.7 Å². The molecule has 19 heavy (non-hydrogen) atoms. The van der Waals surface area contributed by atoms with Crippen LogP contribution in [-0.4, -0.2) is 29.1 Å². The minimum absolute atomic E-state index is 0.0869. The fourth-order valence-electron chi connectivity index (χ4n) is 2.33. The number of benzene rings is 1. The maximum absolute atomic E-state index is 10.7. The lowest BCUT2D eigenvalue weighted by atomic mass is 9.91. The Bertz CT molecular complexity index is 575. The van der Waals surface area contributed by atoms with Gasteiger partial charge in [-0.05, 0) is 17.7 Å². The van der Waals surface area contributed by atoms with Gasteiger partial charge in [0.1, 0.15) is 5.69 Å². The van der Waals surface area contributed by atoms with Crippen molar-refractivity contribution in [2.45, 2.75) is 5.92 Å². The zero-order chi connectivity index (χ0) is 13.2. The summed E-state index contributed by atoms with van der Waals surface area (Å²) in [5, 5.41) is 8.80. The molecule has 1 saturated heterocycles. The highest BCUT2D eigenvalue weighted by molar-refractivity contribution is 5.85. The lowest BCUT2D eigenvalue weighted by molar-refractivity contribution is 0.0690. The minimum atomic E-state index is -0.989. The Kier molecular flexibility index (Phi) is 2.91. The van der Waals surface area contributed by atoms with E-state index in [0.717, 1.165) is 18.8 Å². The average Bonchev–Trinajstić information content (AvgIpc) is 2.39. The Hall–Kier alpha value is -2.36. The minimum Gasteiger partial charge on any atom is -0.477 e. The van der Waals surface area contributed by atoms with E-state index >= 15 is 0 Å². The van der Waals surface area contributed by atoms with Gasteiger partial charge < -0.3 is 10.0 Å². The third-order valence-corrected chi connectivity index (χ3v) is 3.48. The molecule has 1 aliphatic heterocycles. The molecular formula is C15H14N2O2. The van der Waals surface area contributed by atoms with E-state index in [9.17, 15) is 4.79 Å². The quantitative estimate of drug-likeness (QED) is 0.913. The molecule has 0 atom stereocenters. The van der Waals surface area contributed by atoms with Crippen LogP contribution < -0.4 is 4.90 Å². The van der Waals surface area contributed by atoms with Crippen LogP contribution in [0.3, 0.4) is 0 Å². The van der Waals surface area contributed by atoms with E-state index in [0.29, 0.717) is 5.92 Å². The van der Waals surface area contributed by atoms with Crippen molar-refractivity contribution in [1.29, 1.82) is 0 Å². The van der Waals surface area contributed by atoms with Crippen molar-refractivity contribution in [3.63, 3.8) is 0 Å².